The van der Waals surface area contributed by atoms with Gasteiger partial charge in [-0.25, -0.2) is 4.79 Å². The summed E-state index contributed by atoms with van der Waals surface area (Å²) in [7, 11) is 0. The number of hydrogen-bond acceptors (Lipinski definition) is 6. The number of nitrogens with one attached hydrogen (secondary N) is 1. The van der Waals surface area contributed by atoms with E-state index in [1.54, 1.807) is 6.07 Å². The fraction of sp³-hybridized carbons (Fsp3) is 0.300. The first-order chi connectivity index (χ1) is 13.1. The molecule has 5 nitrogen and oxygen atoms in total. The summed E-state index contributed by atoms with van der Waals surface area (Å²) in [5.74, 6) is 1.96. The molecule has 1 fully saturated rings. The number of hydrogen-bond donors (Lipinski definition) is 1. The number of anilines is 1. The summed E-state index contributed by atoms with van der Waals surface area (Å²) in [6.07, 6.45) is 0. The van der Waals surface area contributed by atoms with E-state index < -0.39 is 5.97 Å². The number of carbonyl (C=O) groups is 2. The van der Waals surface area contributed by atoms with E-state index in [2.05, 4.69) is 5.32 Å². The standard InChI is InChI=1S/C20H21NO4S2/c1-14-5-4-6-15(11-14)21-18(22)12-25-19(23)13-24-17-8-3-2-7-16(17)20-26-9-10-27-20/h2-8,11,20H,9-10,12-13H2,1H3,(H,21,22). The normalized spacial score (nSPS) is 14.0. The van der Waals surface area contributed by atoms with Gasteiger partial charge in [-0.2, -0.15) is 0 Å². The molecule has 142 valence electrons. The highest BCUT2D eigenvalue weighted by molar-refractivity contribution is 8.19. The summed E-state index contributed by atoms with van der Waals surface area (Å²) in [6.45, 7) is 1.37. The Balaban J connectivity index is 1.45. The highest BCUT2D eigenvalue weighted by Crippen LogP contribution is 2.48. The lowest BCUT2D eigenvalue weighted by atomic mass is 10.2. The van der Waals surface area contributed by atoms with Crippen LogP contribution >= 0.6 is 23.5 Å². The summed E-state index contributed by atoms with van der Waals surface area (Å²) in [6, 6.07) is 15.1. The van der Waals surface area contributed by atoms with Crippen molar-refractivity contribution >= 4 is 41.1 Å². The number of para-hydroxylation sites is 1. The molecule has 0 radical (unpaired) electrons. The van der Waals surface area contributed by atoms with Crippen molar-refractivity contribution in [2.24, 2.45) is 0 Å². The second kappa shape index (κ2) is 9.71. The zero-order chi connectivity index (χ0) is 19.1. The first-order valence-corrected chi connectivity index (χ1v) is 10.7. The van der Waals surface area contributed by atoms with Gasteiger partial charge < -0.3 is 14.8 Å². The Kier molecular flexibility index (Phi) is 7.06. The van der Waals surface area contributed by atoms with Crippen molar-refractivity contribution in [2.75, 3.05) is 30.0 Å². The van der Waals surface area contributed by atoms with Crippen LogP contribution in [0.15, 0.2) is 48.5 Å². The predicted octanol–water partition coefficient (Wildman–Crippen LogP) is 4.03. The molecule has 0 spiro atoms. The number of amides is 1. The van der Waals surface area contributed by atoms with Crippen LogP contribution in [-0.4, -0.2) is 36.6 Å². The largest absolute Gasteiger partial charge is 0.482 e. The maximum atomic E-state index is 11.9. The van der Waals surface area contributed by atoms with Crippen LogP contribution in [0, 0.1) is 6.92 Å². The molecule has 27 heavy (non-hydrogen) atoms. The average molecular weight is 404 g/mol. The van der Waals surface area contributed by atoms with E-state index in [-0.39, 0.29) is 19.1 Å². The van der Waals surface area contributed by atoms with Crippen molar-refractivity contribution in [3.8, 4) is 5.75 Å². The number of rotatable bonds is 7. The minimum absolute atomic E-state index is 0.225. The van der Waals surface area contributed by atoms with E-state index in [0.29, 0.717) is 16.0 Å². The van der Waals surface area contributed by atoms with Gasteiger partial charge in [0, 0.05) is 22.8 Å². The number of benzene rings is 2. The maximum Gasteiger partial charge on any atom is 0.344 e. The SMILES string of the molecule is Cc1cccc(NC(=O)COC(=O)COc2ccccc2C2SCCS2)c1. The molecule has 3 rings (SSSR count). The van der Waals surface area contributed by atoms with Gasteiger partial charge >= 0.3 is 5.97 Å². The van der Waals surface area contributed by atoms with Crippen LogP contribution in [0.25, 0.3) is 0 Å². The van der Waals surface area contributed by atoms with Crippen molar-refractivity contribution < 1.29 is 19.1 Å². The van der Waals surface area contributed by atoms with E-state index in [1.165, 1.54) is 0 Å². The van der Waals surface area contributed by atoms with Crippen LogP contribution in [0.1, 0.15) is 15.7 Å². The lowest BCUT2D eigenvalue weighted by Crippen LogP contribution is -2.23. The van der Waals surface area contributed by atoms with Gasteiger partial charge in [0.05, 0.1) is 4.58 Å². The fourth-order valence-corrected chi connectivity index (χ4v) is 5.50. The van der Waals surface area contributed by atoms with Gasteiger partial charge in [0.15, 0.2) is 13.2 Å². The lowest BCUT2D eigenvalue weighted by molar-refractivity contribution is -0.149. The molecule has 7 heteroatoms. The Morgan fingerprint density at radius 2 is 1.85 bits per heavy atom. The molecule has 1 N–H and O–H groups in total. The van der Waals surface area contributed by atoms with E-state index in [4.69, 9.17) is 9.47 Å². The average Bonchev–Trinajstić information content (AvgIpc) is 3.19. The molecule has 0 saturated carbocycles. The van der Waals surface area contributed by atoms with Crippen LogP contribution < -0.4 is 10.1 Å². The third-order valence-electron chi connectivity index (χ3n) is 3.81. The van der Waals surface area contributed by atoms with Gasteiger partial charge in [-0.1, -0.05) is 30.3 Å². The van der Waals surface area contributed by atoms with E-state index >= 15 is 0 Å². The molecule has 0 atom stereocenters. The van der Waals surface area contributed by atoms with E-state index in [0.717, 1.165) is 22.6 Å². The lowest BCUT2D eigenvalue weighted by Gasteiger charge is -2.14. The van der Waals surface area contributed by atoms with Crippen LogP contribution in [0.4, 0.5) is 5.69 Å². The molecule has 0 aliphatic carbocycles. The number of thioether (sulfide) groups is 2. The molecule has 0 bridgehead atoms. The van der Waals surface area contributed by atoms with Crippen LogP contribution in [0.5, 0.6) is 5.75 Å². The second-order valence-corrected chi connectivity index (χ2v) is 8.70. The molecule has 1 amide bonds. The molecule has 1 aliphatic heterocycles. The first-order valence-electron chi connectivity index (χ1n) is 8.59. The number of carbonyl (C=O) groups excluding carboxylic acids is 2. The number of aryl methyl sites for hydroxylation is 1. The van der Waals surface area contributed by atoms with Gasteiger partial charge in [-0.05, 0) is 30.7 Å². The highest BCUT2D eigenvalue weighted by Gasteiger charge is 2.22. The van der Waals surface area contributed by atoms with Crippen LogP contribution in [-0.2, 0) is 14.3 Å². The Morgan fingerprint density at radius 1 is 1.07 bits per heavy atom. The molecule has 1 heterocycles. The van der Waals surface area contributed by atoms with Gasteiger partial charge in [-0.3, -0.25) is 4.79 Å². The van der Waals surface area contributed by atoms with Crippen molar-refractivity contribution in [3.05, 3.63) is 59.7 Å². The van der Waals surface area contributed by atoms with Gasteiger partial charge in [0.1, 0.15) is 5.75 Å². The molecule has 2 aromatic carbocycles. The molecule has 2 aromatic rings. The summed E-state index contributed by atoms with van der Waals surface area (Å²) in [5, 5.41) is 2.70. The molecule has 0 aromatic heterocycles. The highest BCUT2D eigenvalue weighted by atomic mass is 32.2. The smallest absolute Gasteiger partial charge is 0.344 e. The number of esters is 1. The van der Waals surface area contributed by atoms with Gasteiger partial charge in [-0.15, -0.1) is 23.5 Å². The van der Waals surface area contributed by atoms with Crippen LogP contribution in [0.2, 0.25) is 0 Å². The Labute approximate surface area is 167 Å². The van der Waals surface area contributed by atoms with Crippen molar-refractivity contribution in [3.63, 3.8) is 0 Å². The van der Waals surface area contributed by atoms with E-state index in [1.807, 2.05) is 72.9 Å². The summed E-state index contributed by atoms with van der Waals surface area (Å²) < 4.78 is 11.0. The van der Waals surface area contributed by atoms with Crippen LogP contribution in [0.3, 0.4) is 0 Å². The quantitative estimate of drug-likeness (QED) is 0.704. The topological polar surface area (TPSA) is 64.6 Å². The fourth-order valence-electron chi connectivity index (χ4n) is 2.59. The molecule has 1 saturated heterocycles. The summed E-state index contributed by atoms with van der Waals surface area (Å²) in [4.78, 5) is 23.8. The maximum absolute atomic E-state index is 11.9. The zero-order valence-electron chi connectivity index (χ0n) is 15.0. The minimum atomic E-state index is -0.573. The Bertz CT molecular complexity index is 806. The molecular weight excluding hydrogens is 382 g/mol. The first kappa shape index (κ1) is 19.6. The molecule has 1 aliphatic rings. The van der Waals surface area contributed by atoms with E-state index in [9.17, 15) is 9.59 Å². The predicted molar refractivity (Wildman–Crippen MR) is 110 cm³/mol. The van der Waals surface area contributed by atoms with Gasteiger partial charge in [0.2, 0.25) is 0 Å². The summed E-state index contributed by atoms with van der Waals surface area (Å²) >= 11 is 3.75. The van der Waals surface area contributed by atoms with Gasteiger partial charge in [0.25, 0.3) is 5.91 Å². The van der Waals surface area contributed by atoms with Crippen molar-refractivity contribution in [2.45, 2.75) is 11.5 Å². The number of ether oxygens (including phenoxy) is 2. The minimum Gasteiger partial charge on any atom is -0.482 e. The Hall–Kier alpha value is -2.12. The summed E-state index contributed by atoms with van der Waals surface area (Å²) in [5.41, 5.74) is 2.79. The molecule has 0 unspecified atom stereocenters. The zero-order valence-corrected chi connectivity index (χ0v) is 16.6. The van der Waals surface area contributed by atoms with Crippen molar-refractivity contribution in [1.82, 2.24) is 0 Å². The third-order valence-corrected chi connectivity index (χ3v) is 6.87. The Morgan fingerprint density at radius 3 is 2.63 bits per heavy atom. The molecular formula is C20H21NO4S2. The second-order valence-electron chi connectivity index (χ2n) is 5.98. The van der Waals surface area contributed by atoms with Crippen molar-refractivity contribution in [1.29, 1.82) is 0 Å². The monoisotopic (exact) mass is 403 g/mol. The third kappa shape index (κ3) is 5.94.